The minimum absolute atomic E-state index is 0.0601. The Hall–Kier alpha value is -2.79. The average molecular weight is 478 g/mol. The molecule has 1 aliphatic heterocycles. The Kier molecular flexibility index (Phi) is 6.53. The van der Waals surface area contributed by atoms with Crippen molar-refractivity contribution in [2.75, 3.05) is 49.5 Å². The SMILES string of the molecule is C[C@H]1COCCN1c1cc(C2(S(C)(=O)=O)CC2)nc(-c2ccc(NC(=O)NCCF)cc2)n1. The van der Waals surface area contributed by atoms with Gasteiger partial charge >= 0.3 is 6.03 Å². The fraction of sp³-hybridized carbons (Fsp3) is 0.500. The summed E-state index contributed by atoms with van der Waals surface area (Å²) in [7, 11) is -3.35. The van der Waals surface area contributed by atoms with Crippen LogP contribution in [0.2, 0.25) is 0 Å². The number of alkyl halides is 1. The van der Waals surface area contributed by atoms with Gasteiger partial charge in [0.05, 0.1) is 24.9 Å². The maximum atomic E-state index is 12.6. The normalized spacial score (nSPS) is 19.7. The van der Waals surface area contributed by atoms with Crippen molar-refractivity contribution in [3.05, 3.63) is 36.0 Å². The van der Waals surface area contributed by atoms with Gasteiger partial charge in [0.15, 0.2) is 15.7 Å². The number of halogens is 1. The lowest BCUT2D eigenvalue weighted by atomic mass is 10.1. The van der Waals surface area contributed by atoms with Gasteiger partial charge in [-0.1, -0.05) is 0 Å². The molecule has 0 bridgehead atoms. The number of aromatic nitrogens is 2. The summed E-state index contributed by atoms with van der Waals surface area (Å²) in [4.78, 5) is 23.3. The van der Waals surface area contributed by atoms with Crippen molar-refractivity contribution in [1.82, 2.24) is 15.3 Å². The van der Waals surface area contributed by atoms with E-state index in [1.807, 2.05) is 6.92 Å². The highest BCUT2D eigenvalue weighted by Crippen LogP contribution is 2.52. The van der Waals surface area contributed by atoms with Gasteiger partial charge in [0, 0.05) is 36.7 Å². The van der Waals surface area contributed by atoms with E-state index in [0.29, 0.717) is 61.2 Å². The molecule has 2 aromatic rings. The van der Waals surface area contributed by atoms with Gasteiger partial charge in [0.1, 0.15) is 17.2 Å². The molecule has 1 aromatic heterocycles. The van der Waals surface area contributed by atoms with Crippen LogP contribution in [0.25, 0.3) is 11.4 Å². The largest absolute Gasteiger partial charge is 0.377 e. The maximum absolute atomic E-state index is 12.6. The van der Waals surface area contributed by atoms with E-state index in [1.54, 1.807) is 30.3 Å². The zero-order chi connectivity index (χ0) is 23.6. The predicted octanol–water partition coefficient (Wildman–Crippen LogP) is 2.49. The molecule has 1 aliphatic carbocycles. The standard InChI is InChI=1S/C22H28FN5O4S/c1-15-14-32-12-11-28(15)19-13-18(22(7-8-22)33(2,30)31)26-20(27-19)16-3-5-17(6-4-16)25-21(29)24-10-9-23/h3-6,13,15H,7-12,14H2,1-2H3,(H2,24,25,29)/t15-/m0/s1. The smallest absolute Gasteiger partial charge is 0.319 e. The van der Waals surface area contributed by atoms with Crippen molar-refractivity contribution < 1.29 is 22.3 Å². The fourth-order valence-electron chi connectivity index (χ4n) is 3.98. The molecule has 1 atom stereocenters. The second-order valence-corrected chi connectivity index (χ2v) is 10.8. The van der Waals surface area contributed by atoms with Gasteiger partial charge < -0.3 is 20.3 Å². The molecule has 0 unspecified atom stereocenters. The molecule has 178 valence electrons. The number of nitrogens with zero attached hydrogens (tertiary/aromatic N) is 3. The van der Waals surface area contributed by atoms with E-state index in [1.165, 1.54) is 6.26 Å². The van der Waals surface area contributed by atoms with Gasteiger partial charge in [0.2, 0.25) is 0 Å². The number of hydrogen-bond donors (Lipinski definition) is 2. The first-order valence-electron chi connectivity index (χ1n) is 10.9. The molecule has 0 radical (unpaired) electrons. The number of sulfone groups is 1. The Morgan fingerprint density at radius 2 is 2.00 bits per heavy atom. The first-order valence-corrected chi connectivity index (χ1v) is 12.8. The fourth-order valence-corrected chi connectivity index (χ4v) is 5.31. The highest BCUT2D eigenvalue weighted by Gasteiger charge is 2.55. The highest BCUT2D eigenvalue weighted by molar-refractivity contribution is 7.91. The highest BCUT2D eigenvalue weighted by atomic mass is 32.2. The van der Waals surface area contributed by atoms with E-state index in [-0.39, 0.29) is 12.6 Å². The molecule has 2 amide bonds. The third-order valence-electron chi connectivity index (χ3n) is 6.04. The van der Waals surface area contributed by atoms with Crippen LogP contribution in [-0.2, 0) is 19.3 Å². The van der Waals surface area contributed by atoms with Gasteiger partial charge in [-0.3, -0.25) is 0 Å². The van der Waals surface area contributed by atoms with E-state index >= 15 is 0 Å². The van der Waals surface area contributed by atoms with E-state index in [2.05, 4.69) is 20.5 Å². The number of carbonyl (C=O) groups is 1. The monoisotopic (exact) mass is 477 g/mol. The molecule has 1 saturated carbocycles. The minimum atomic E-state index is -3.35. The van der Waals surface area contributed by atoms with Crippen LogP contribution in [0.5, 0.6) is 0 Å². The molecule has 0 spiro atoms. The zero-order valence-electron chi connectivity index (χ0n) is 18.7. The summed E-state index contributed by atoms with van der Waals surface area (Å²) >= 11 is 0. The number of hydrogen-bond acceptors (Lipinski definition) is 7. The second kappa shape index (κ2) is 9.22. The summed E-state index contributed by atoms with van der Waals surface area (Å²) in [6, 6.07) is 8.31. The van der Waals surface area contributed by atoms with Crippen molar-refractivity contribution in [3.63, 3.8) is 0 Å². The number of anilines is 2. The van der Waals surface area contributed by atoms with Gasteiger partial charge in [-0.15, -0.1) is 0 Å². The molecule has 1 aromatic carbocycles. The maximum Gasteiger partial charge on any atom is 0.319 e. The molecule has 4 rings (SSSR count). The van der Waals surface area contributed by atoms with Crippen LogP contribution < -0.4 is 15.5 Å². The number of amides is 2. The molecule has 2 heterocycles. The summed E-state index contributed by atoms with van der Waals surface area (Å²) in [6.07, 6.45) is 2.34. The molecule has 2 N–H and O–H groups in total. The molecule has 9 nitrogen and oxygen atoms in total. The lowest BCUT2D eigenvalue weighted by Gasteiger charge is -2.34. The summed E-state index contributed by atoms with van der Waals surface area (Å²) in [5.74, 6) is 1.10. The minimum Gasteiger partial charge on any atom is -0.377 e. The molecule has 2 fully saturated rings. The van der Waals surface area contributed by atoms with Gasteiger partial charge in [-0.25, -0.2) is 27.6 Å². The number of ether oxygens (including phenoxy) is 1. The van der Waals surface area contributed by atoms with E-state index in [9.17, 15) is 17.6 Å². The van der Waals surface area contributed by atoms with Crippen molar-refractivity contribution in [3.8, 4) is 11.4 Å². The van der Waals surface area contributed by atoms with Crippen LogP contribution >= 0.6 is 0 Å². The van der Waals surface area contributed by atoms with Gasteiger partial charge in [0.25, 0.3) is 0 Å². The number of morpholine rings is 1. The molecular weight excluding hydrogens is 449 g/mol. The van der Waals surface area contributed by atoms with Crippen LogP contribution in [0.15, 0.2) is 30.3 Å². The number of urea groups is 1. The van der Waals surface area contributed by atoms with Crippen molar-refractivity contribution in [1.29, 1.82) is 0 Å². The lowest BCUT2D eigenvalue weighted by molar-refractivity contribution is 0.0985. The lowest BCUT2D eigenvalue weighted by Crippen LogP contribution is -2.44. The molecule has 1 saturated heterocycles. The first-order chi connectivity index (χ1) is 15.7. The van der Waals surface area contributed by atoms with Crippen LogP contribution in [0.4, 0.5) is 20.7 Å². The molecule has 33 heavy (non-hydrogen) atoms. The van der Waals surface area contributed by atoms with E-state index in [4.69, 9.17) is 9.72 Å². The Labute approximate surface area is 192 Å². The number of rotatable bonds is 7. The van der Waals surface area contributed by atoms with Crippen LogP contribution in [0.3, 0.4) is 0 Å². The number of benzene rings is 1. The van der Waals surface area contributed by atoms with E-state index < -0.39 is 27.3 Å². The number of nitrogens with one attached hydrogen (secondary N) is 2. The second-order valence-electron chi connectivity index (χ2n) is 8.47. The van der Waals surface area contributed by atoms with Crippen LogP contribution in [0, 0.1) is 0 Å². The quantitative estimate of drug-likeness (QED) is 0.630. The first kappa shape index (κ1) is 23.4. The molecule has 11 heteroatoms. The van der Waals surface area contributed by atoms with Crippen LogP contribution in [0.1, 0.15) is 25.5 Å². The Morgan fingerprint density at radius 3 is 2.61 bits per heavy atom. The zero-order valence-corrected chi connectivity index (χ0v) is 19.5. The topological polar surface area (TPSA) is 114 Å². The number of carbonyl (C=O) groups excluding carboxylic acids is 1. The van der Waals surface area contributed by atoms with Gasteiger partial charge in [-0.2, -0.15) is 0 Å². The average Bonchev–Trinajstić information content (AvgIpc) is 3.61. The predicted molar refractivity (Wildman–Crippen MR) is 124 cm³/mol. The Morgan fingerprint density at radius 1 is 1.27 bits per heavy atom. The Bertz CT molecular complexity index is 1120. The Balaban J connectivity index is 1.68. The third kappa shape index (κ3) is 4.93. The summed E-state index contributed by atoms with van der Waals surface area (Å²) < 4.78 is 41.9. The summed E-state index contributed by atoms with van der Waals surface area (Å²) in [5, 5.41) is 5.03. The van der Waals surface area contributed by atoms with Gasteiger partial charge in [-0.05, 0) is 44.0 Å². The van der Waals surface area contributed by atoms with E-state index in [0.717, 1.165) is 0 Å². The van der Waals surface area contributed by atoms with Crippen molar-refractivity contribution in [2.45, 2.75) is 30.6 Å². The third-order valence-corrected chi connectivity index (χ3v) is 8.07. The summed E-state index contributed by atoms with van der Waals surface area (Å²) in [6.45, 7) is 3.13. The van der Waals surface area contributed by atoms with Crippen molar-refractivity contribution in [2.24, 2.45) is 0 Å². The van der Waals surface area contributed by atoms with Crippen molar-refractivity contribution >= 4 is 27.4 Å². The molecular formula is C22H28FN5O4S. The molecule has 2 aliphatic rings. The summed E-state index contributed by atoms with van der Waals surface area (Å²) in [5.41, 5.74) is 1.73. The van der Waals surface area contributed by atoms with Crippen LogP contribution in [-0.4, -0.2) is 69.7 Å².